The summed E-state index contributed by atoms with van der Waals surface area (Å²) in [6.07, 6.45) is 0. The average Bonchev–Trinajstić information content (AvgIpc) is 2.06. The van der Waals surface area contributed by atoms with Crippen molar-refractivity contribution < 1.29 is 16.9 Å². The molecule has 2 heteroatoms. The molecule has 0 aliphatic rings. The summed E-state index contributed by atoms with van der Waals surface area (Å²) in [6.45, 7) is 4.52. The van der Waals surface area contributed by atoms with Gasteiger partial charge in [0.1, 0.15) is 6.54 Å². The van der Waals surface area contributed by atoms with Crippen LogP contribution in [0.2, 0.25) is 0 Å². The number of nitrogens with zero attached hydrogens (tertiary/aromatic N) is 1. The lowest BCUT2D eigenvalue weighted by molar-refractivity contribution is -0.901. The van der Waals surface area contributed by atoms with E-state index in [4.69, 9.17) is 0 Å². The van der Waals surface area contributed by atoms with Crippen LogP contribution in [0, 0.1) is 0 Å². The number of quaternary nitrogens is 1. The summed E-state index contributed by atoms with van der Waals surface area (Å²) in [7, 11) is 4.51. The zero-order valence-corrected chi connectivity index (χ0v) is 9.38. The first-order valence-electron chi connectivity index (χ1n) is 4.50. The fourth-order valence-electron chi connectivity index (χ4n) is 1.19. The first-order chi connectivity index (χ1) is 5.64. The lowest BCUT2D eigenvalue weighted by atomic mass is 10.2. The molecule has 0 heterocycles. The Morgan fingerprint density at radius 2 is 1.47 bits per heavy atom. The summed E-state index contributed by atoms with van der Waals surface area (Å²) in [5.41, 5.74) is 1.42. The van der Waals surface area contributed by atoms with E-state index in [1.165, 1.54) is 12.1 Å². The molecule has 0 bridgehead atoms. The molecule has 0 aliphatic carbocycles. The second-order valence-electron chi connectivity index (χ2n) is 3.90. The second kappa shape index (κ2) is 8.75. The SMILES string of the molecule is C.C.CC[N+](C)(C)Cc1ccccc1.[Cl-]. The van der Waals surface area contributed by atoms with Crippen molar-refractivity contribution in [3.8, 4) is 0 Å². The van der Waals surface area contributed by atoms with Crippen LogP contribution in [0.15, 0.2) is 30.3 Å². The molecule has 1 rings (SSSR count). The second-order valence-corrected chi connectivity index (χ2v) is 3.90. The molecule has 0 saturated carbocycles. The third kappa shape index (κ3) is 7.40. The highest BCUT2D eigenvalue weighted by molar-refractivity contribution is 5.13. The third-order valence-electron chi connectivity index (χ3n) is 2.31. The van der Waals surface area contributed by atoms with Gasteiger partial charge in [0.25, 0.3) is 0 Å². The summed E-state index contributed by atoms with van der Waals surface area (Å²) in [5.74, 6) is 0. The number of halogens is 1. The molecular weight excluding hydrogens is 206 g/mol. The first-order valence-corrected chi connectivity index (χ1v) is 4.50. The van der Waals surface area contributed by atoms with Gasteiger partial charge in [-0.25, -0.2) is 0 Å². The molecule has 0 aliphatic heterocycles. The molecule has 0 unspecified atom stereocenters. The Bertz CT molecular complexity index is 232. The van der Waals surface area contributed by atoms with Crippen LogP contribution in [-0.2, 0) is 6.54 Å². The lowest BCUT2D eigenvalue weighted by Crippen LogP contribution is -3.00. The van der Waals surface area contributed by atoms with Gasteiger partial charge in [0, 0.05) is 5.56 Å². The Balaban J connectivity index is -0.000000480. The van der Waals surface area contributed by atoms with Crippen molar-refractivity contribution in [2.45, 2.75) is 28.3 Å². The summed E-state index contributed by atoms with van der Waals surface area (Å²) < 4.78 is 1.06. The van der Waals surface area contributed by atoms with Crippen molar-refractivity contribution >= 4 is 0 Å². The largest absolute Gasteiger partial charge is 1.00 e. The van der Waals surface area contributed by atoms with E-state index in [9.17, 15) is 0 Å². The smallest absolute Gasteiger partial charge is 0.104 e. The van der Waals surface area contributed by atoms with Gasteiger partial charge in [-0.05, 0) is 6.92 Å². The molecule has 1 nitrogen and oxygen atoms in total. The molecule has 0 atom stereocenters. The molecular formula is C13H26ClN. The number of rotatable bonds is 3. The van der Waals surface area contributed by atoms with Gasteiger partial charge in [-0.3, -0.25) is 0 Å². The van der Waals surface area contributed by atoms with Crippen molar-refractivity contribution in [3.63, 3.8) is 0 Å². The van der Waals surface area contributed by atoms with Crippen LogP contribution in [0.25, 0.3) is 0 Å². The minimum atomic E-state index is 0. The van der Waals surface area contributed by atoms with Crippen molar-refractivity contribution in [1.29, 1.82) is 0 Å². The van der Waals surface area contributed by atoms with E-state index in [0.29, 0.717) is 0 Å². The standard InChI is InChI=1S/C11H18N.2CH4.ClH/c1-4-12(2,3)10-11-8-6-5-7-9-11;;;/h5-9H,4,10H2,1-3H3;2*1H4;1H/q+1;;;/p-1. The third-order valence-corrected chi connectivity index (χ3v) is 2.31. The predicted octanol–water partition coefficient (Wildman–Crippen LogP) is 0.559. The Morgan fingerprint density at radius 3 is 1.87 bits per heavy atom. The van der Waals surface area contributed by atoms with Crippen LogP contribution in [-0.4, -0.2) is 25.1 Å². The van der Waals surface area contributed by atoms with Gasteiger partial charge in [0.05, 0.1) is 20.6 Å². The fourth-order valence-corrected chi connectivity index (χ4v) is 1.19. The minimum Gasteiger partial charge on any atom is -1.00 e. The zero-order chi connectivity index (χ0) is 9.03. The van der Waals surface area contributed by atoms with E-state index in [1.54, 1.807) is 0 Å². The van der Waals surface area contributed by atoms with E-state index in [2.05, 4.69) is 51.4 Å². The van der Waals surface area contributed by atoms with E-state index in [0.717, 1.165) is 11.0 Å². The topological polar surface area (TPSA) is 0 Å². The van der Waals surface area contributed by atoms with Gasteiger partial charge >= 0.3 is 0 Å². The van der Waals surface area contributed by atoms with Crippen molar-refractivity contribution in [2.24, 2.45) is 0 Å². The molecule has 0 radical (unpaired) electrons. The summed E-state index contributed by atoms with van der Waals surface area (Å²) in [4.78, 5) is 0. The number of hydrogen-bond donors (Lipinski definition) is 0. The van der Waals surface area contributed by atoms with Crippen molar-refractivity contribution in [2.75, 3.05) is 20.6 Å². The lowest BCUT2D eigenvalue weighted by Gasteiger charge is -2.28. The molecule has 0 fully saturated rings. The maximum absolute atomic E-state index is 2.26. The van der Waals surface area contributed by atoms with E-state index in [1.807, 2.05) is 0 Å². The molecule has 0 N–H and O–H groups in total. The fraction of sp³-hybridized carbons (Fsp3) is 0.538. The van der Waals surface area contributed by atoms with Crippen LogP contribution < -0.4 is 12.4 Å². The van der Waals surface area contributed by atoms with E-state index >= 15 is 0 Å². The Labute approximate surface area is 102 Å². The summed E-state index contributed by atoms with van der Waals surface area (Å²) in [5, 5.41) is 0. The molecule has 0 amide bonds. The Morgan fingerprint density at radius 1 is 1.00 bits per heavy atom. The van der Waals surface area contributed by atoms with Crippen LogP contribution in [0.3, 0.4) is 0 Å². The predicted molar refractivity (Wildman–Crippen MR) is 66.3 cm³/mol. The van der Waals surface area contributed by atoms with Crippen molar-refractivity contribution in [1.82, 2.24) is 0 Å². The number of benzene rings is 1. The van der Waals surface area contributed by atoms with Crippen LogP contribution in [0.1, 0.15) is 27.3 Å². The van der Waals surface area contributed by atoms with Gasteiger partial charge in [-0.15, -0.1) is 0 Å². The van der Waals surface area contributed by atoms with Gasteiger partial charge in [0.15, 0.2) is 0 Å². The average molecular weight is 232 g/mol. The highest BCUT2D eigenvalue weighted by atomic mass is 35.5. The van der Waals surface area contributed by atoms with Crippen molar-refractivity contribution in [3.05, 3.63) is 35.9 Å². The van der Waals surface area contributed by atoms with Gasteiger partial charge < -0.3 is 16.9 Å². The van der Waals surface area contributed by atoms with E-state index in [-0.39, 0.29) is 27.3 Å². The van der Waals surface area contributed by atoms with E-state index < -0.39 is 0 Å². The van der Waals surface area contributed by atoms with Crippen LogP contribution in [0.4, 0.5) is 0 Å². The Kier molecular flexibility index (Phi) is 11.6. The monoisotopic (exact) mass is 231 g/mol. The molecule has 1 aromatic rings. The van der Waals surface area contributed by atoms with Gasteiger partial charge in [-0.1, -0.05) is 45.2 Å². The Hall–Kier alpha value is -0.530. The molecule has 0 saturated heterocycles. The highest BCUT2D eigenvalue weighted by Gasteiger charge is 2.11. The van der Waals surface area contributed by atoms with Crippen LogP contribution in [0.5, 0.6) is 0 Å². The minimum absolute atomic E-state index is 0. The first kappa shape index (κ1) is 20.0. The van der Waals surface area contributed by atoms with Gasteiger partial charge in [0.2, 0.25) is 0 Å². The highest BCUT2D eigenvalue weighted by Crippen LogP contribution is 2.07. The summed E-state index contributed by atoms with van der Waals surface area (Å²) >= 11 is 0. The van der Waals surface area contributed by atoms with Gasteiger partial charge in [-0.2, -0.15) is 0 Å². The normalized spacial score (nSPS) is 9.27. The quantitative estimate of drug-likeness (QED) is 0.667. The molecule has 90 valence electrons. The molecule has 0 spiro atoms. The maximum Gasteiger partial charge on any atom is 0.104 e. The van der Waals surface area contributed by atoms with Crippen LogP contribution >= 0.6 is 0 Å². The molecule has 0 aromatic heterocycles. The maximum atomic E-state index is 2.26. The summed E-state index contributed by atoms with van der Waals surface area (Å²) in [6, 6.07) is 10.6. The number of hydrogen-bond acceptors (Lipinski definition) is 0. The zero-order valence-electron chi connectivity index (χ0n) is 8.63. The molecule has 15 heavy (non-hydrogen) atoms. The molecule has 1 aromatic carbocycles.